The van der Waals surface area contributed by atoms with Crippen molar-refractivity contribution in [1.29, 1.82) is 0 Å². The van der Waals surface area contributed by atoms with Gasteiger partial charge in [0.1, 0.15) is 5.75 Å². The molecule has 0 saturated heterocycles. The molecule has 2 heterocycles. The number of aliphatic hydroxyl groups is 1. The van der Waals surface area contributed by atoms with Gasteiger partial charge < -0.3 is 15.2 Å². The van der Waals surface area contributed by atoms with Gasteiger partial charge in [0, 0.05) is 16.8 Å². The van der Waals surface area contributed by atoms with E-state index in [1.54, 1.807) is 18.2 Å². The molecular formula is C24H25F3N2O2. The highest BCUT2D eigenvalue weighted by Gasteiger charge is 2.54. The van der Waals surface area contributed by atoms with Gasteiger partial charge >= 0.3 is 6.18 Å². The normalized spacial score (nSPS) is 18.2. The maximum atomic E-state index is 14.1. The topological polar surface area (TPSA) is 54.4 Å². The number of halogens is 3. The van der Waals surface area contributed by atoms with Crippen molar-refractivity contribution in [1.82, 2.24) is 4.98 Å². The van der Waals surface area contributed by atoms with E-state index in [0.29, 0.717) is 35.4 Å². The number of nitrogens with zero attached hydrogens (tertiary/aromatic N) is 1. The molecule has 0 spiro atoms. The van der Waals surface area contributed by atoms with E-state index in [1.165, 1.54) is 0 Å². The summed E-state index contributed by atoms with van der Waals surface area (Å²) in [5, 5.41) is 14.4. The molecule has 1 aliphatic rings. The maximum absolute atomic E-state index is 14.1. The van der Waals surface area contributed by atoms with E-state index in [2.05, 4.69) is 10.3 Å². The molecule has 31 heavy (non-hydrogen) atoms. The summed E-state index contributed by atoms with van der Waals surface area (Å²) in [5.74, 6) is 0.142. The number of hydrogen-bond acceptors (Lipinski definition) is 4. The molecule has 0 amide bonds. The monoisotopic (exact) mass is 430 g/mol. The first kappa shape index (κ1) is 21.4. The fraction of sp³-hybridized carbons (Fsp3) is 0.375. The van der Waals surface area contributed by atoms with Gasteiger partial charge in [-0.25, -0.2) is 0 Å². The highest BCUT2D eigenvalue weighted by Crippen LogP contribution is 2.44. The van der Waals surface area contributed by atoms with Gasteiger partial charge in [-0.1, -0.05) is 23.8 Å². The number of aryl methyl sites for hydroxylation is 2. The number of ether oxygens (including phenoxy) is 1. The summed E-state index contributed by atoms with van der Waals surface area (Å²) >= 11 is 0. The van der Waals surface area contributed by atoms with E-state index in [9.17, 15) is 18.3 Å². The first-order chi connectivity index (χ1) is 14.7. The van der Waals surface area contributed by atoms with Crippen LogP contribution in [0.15, 0.2) is 48.5 Å². The fourth-order valence-electron chi connectivity index (χ4n) is 4.15. The van der Waals surface area contributed by atoms with E-state index in [1.807, 2.05) is 44.2 Å². The minimum Gasteiger partial charge on any atom is -0.493 e. The second-order valence-electron chi connectivity index (χ2n) is 8.29. The highest BCUT2D eigenvalue weighted by atomic mass is 19.4. The van der Waals surface area contributed by atoms with E-state index < -0.39 is 30.7 Å². The third-order valence-corrected chi connectivity index (χ3v) is 5.88. The molecule has 1 aromatic heterocycles. The quantitative estimate of drug-likeness (QED) is 0.560. The van der Waals surface area contributed by atoms with Crippen LogP contribution < -0.4 is 10.1 Å². The third kappa shape index (κ3) is 4.32. The molecule has 2 N–H and O–H groups in total. The van der Waals surface area contributed by atoms with Crippen molar-refractivity contribution >= 4 is 16.6 Å². The number of fused-ring (bicyclic) bond motifs is 2. The van der Waals surface area contributed by atoms with Crippen LogP contribution >= 0.6 is 0 Å². The largest absolute Gasteiger partial charge is 0.493 e. The average molecular weight is 430 g/mol. The Bertz CT molecular complexity index is 1100. The lowest BCUT2D eigenvalue weighted by molar-refractivity contribution is -0.258. The summed E-state index contributed by atoms with van der Waals surface area (Å²) in [6, 6.07) is 14.4. The highest BCUT2D eigenvalue weighted by molar-refractivity contribution is 5.91. The van der Waals surface area contributed by atoms with Crippen LogP contribution in [-0.2, 0) is 0 Å². The van der Waals surface area contributed by atoms with Gasteiger partial charge in [-0.15, -0.1) is 0 Å². The van der Waals surface area contributed by atoms with Gasteiger partial charge in [0.15, 0.2) is 5.60 Å². The molecule has 2 aromatic carbocycles. The van der Waals surface area contributed by atoms with Crippen molar-refractivity contribution < 1.29 is 23.0 Å². The molecule has 4 nitrogen and oxygen atoms in total. The molecule has 7 heteroatoms. The fourth-order valence-corrected chi connectivity index (χ4v) is 4.15. The van der Waals surface area contributed by atoms with Crippen LogP contribution in [0.3, 0.4) is 0 Å². The molecule has 4 rings (SSSR count). The van der Waals surface area contributed by atoms with Crippen LogP contribution in [0.5, 0.6) is 5.75 Å². The van der Waals surface area contributed by atoms with Gasteiger partial charge in [-0.05, 0) is 68.5 Å². The first-order valence-electron chi connectivity index (χ1n) is 10.3. The predicted molar refractivity (Wildman–Crippen MR) is 115 cm³/mol. The summed E-state index contributed by atoms with van der Waals surface area (Å²) in [7, 11) is 0. The van der Waals surface area contributed by atoms with Gasteiger partial charge in [0.2, 0.25) is 0 Å². The summed E-state index contributed by atoms with van der Waals surface area (Å²) in [6.07, 6.45) is -4.81. The maximum Gasteiger partial charge on any atom is 0.418 e. The lowest BCUT2D eigenvalue weighted by atomic mass is 9.81. The smallest absolute Gasteiger partial charge is 0.418 e. The number of hydrogen-bond donors (Lipinski definition) is 2. The lowest BCUT2D eigenvalue weighted by Crippen LogP contribution is -2.51. The Morgan fingerprint density at radius 3 is 2.71 bits per heavy atom. The summed E-state index contributed by atoms with van der Waals surface area (Å²) in [4.78, 5) is 4.42. The zero-order chi connectivity index (χ0) is 22.2. The number of anilines is 1. The SMILES string of the molecule is Cc1ccc2c(c1)C(CC(O)(CNc1cccc3nc(C)ccc13)C(F)(F)F)CCO2. The Hall–Kier alpha value is -2.80. The molecule has 2 unspecified atom stereocenters. The van der Waals surface area contributed by atoms with Crippen LogP contribution in [0.4, 0.5) is 18.9 Å². The molecule has 2 atom stereocenters. The van der Waals surface area contributed by atoms with Crippen LogP contribution in [0.25, 0.3) is 10.9 Å². The Morgan fingerprint density at radius 2 is 1.94 bits per heavy atom. The number of nitrogens with one attached hydrogen (secondary N) is 1. The van der Waals surface area contributed by atoms with Crippen molar-refractivity contribution in [3.8, 4) is 5.75 Å². The zero-order valence-electron chi connectivity index (χ0n) is 17.5. The Morgan fingerprint density at radius 1 is 1.13 bits per heavy atom. The molecular weight excluding hydrogens is 405 g/mol. The van der Waals surface area contributed by atoms with E-state index in [-0.39, 0.29) is 0 Å². The van der Waals surface area contributed by atoms with Crippen molar-refractivity contribution in [3.05, 3.63) is 65.4 Å². The Kier molecular flexibility index (Phi) is 5.56. The minimum absolute atomic E-state index is 0.330. The van der Waals surface area contributed by atoms with Crippen LogP contribution in [0.2, 0.25) is 0 Å². The second-order valence-corrected chi connectivity index (χ2v) is 8.29. The molecule has 1 aliphatic heterocycles. The minimum atomic E-state index is -4.79. The molecule has 0 radical (unpaired) electrons. The zero-order valence-corrected chi connectivity index (χ0v) is 17.5. The molecule has 164 valence electrons. The van der Waals surface area contributed by atoms with Crippen molar-refractivity contribution in [2.24, 2.45) is 0 Å². The van der Waals surface area contributed by atoms with Gasteiger partial charge in [-0.2, -0.15) is 13.2 Å². The molecule has 0 aliphatic carbocycles. The second kappa shape index (κ2) is 8.04. The van der Waals surface area contributed by atoms with E-state index in [0.717, 1.165) is 16.8 Å². The van der Waals surface area contributed by atoms with Gasteiger partial charge in [-0.3, -0.25) is 4.98 Å². The van der Waals surface area contributed by atoms with Crippen LogP contribution in [-0.4, -0.2) is 35.0 Å². The van der Waals surface area contributed by atoms with Crippen molar-refractivity contribution in [2.75, 3.05) is 18.5 Å². The molecule has 0 bridgehead atoms. The molecule has 0 fully saturated rings. The molecule has 0 saturated carbocycles. The van der Waals surface area contributed by atoms with Crippen molar-refractivity contribution in [3.63, 3.8) is 0 Å². The van der Waals surface area contributed by atoms with E-state index in [4.69, 9.17) is 4.74 Å². The van der Waals surface area contributed by atoms with Gasteiger partial charge in [0.05, 0.1) is 18.7 Å². The van der Waals surface area contributed by atoms with Crippen LogP contribution in [0, 0.1) is 13.8 Å². The number of rotatable bonds is 5. The van der Waals surface area contributed by atoms with E-state index >= 15 is 0 Å². The third-order valence-electron chi connectivity index (χ3n) is 5.88. The number of alkyl halides is 3. The average Bonchev–Trinajstić information content (AvgIpc) is 2.71. The number of benzene rings is 2. The lowest BCUT2D eigenvalue weighted by Gasteiger charge is -2.36. The predicted octanol–water partition coefficient (Wildman–Crippen LogP) is 5.51. The summed E-state index contributed by atoms with van der Waals surface area (Å²) in [6.45, 7) is 3.42. The van der Waals surface area contributed by atoms with Crippen molar-refractivity contribution in [2.45, 2.75) is 44.4 Å². The van der Waals surface area contributed by atoms with Gasteiger partial charge in [0.25, 0.3) is 0 Å². The molecule has 3 aromatic rings. The number of aromatic nitrogens is 1. The summed E-state index contributed by atoms with van der Waals surface area (Å²) < 4.78 is 47.8. The van der Waals surface area contributed by atoms with Crippen LogP contribution in [0.1, 0.15) is 35.6 Å². The number of pyridine rings is 1. The standard InChI is InChI=1S/C24H25F3N2O2/c1-15-6-9-22-19(12-15)17(10-11-31-22)13-23(30,24(25,26)27)14-28-20-4-3-5-21-18(20)8-7-16(2)29-21/h3-9,12,17,28,30H,10-11,13-14H2,1-2H3. The summed E-state index contributed by atoms with van der Waals surface area (Å²) in [5.41, 5.74) is 0.798. The Balaban J connectivity index is 1.61. The first-order valence-corrected chi connectivity index (χ1v) is 10.3. The Labute approximate surface area is 179 Å².